The number of benzene rings is 1. The van der Waals surface area contributed by atoms with Gasteiger partial charge in [-0.3, -0.25) is 4.79 Å². The molecule has 1 atom stereocenters. The molecule has 0 saturated carbocycles. The smallest absolute Gasteiger partial charge is 0.251 e. The Morgan fingerprint density at radius 1 is 1.21 bits per heavy atom. The van der Waals surface area contributed by atoms with Gasteiger partial charge in [-0.1, -0.05) is 6.07 Å². The topological polar surface area (TPSA) is 87.2 Å². The summed E-state index contributed by atoms with van der Waals surface area (Å²) in [7, 11) is -3.51. The molecule has 0 bridgehead atoms. The van der Waals surface area contributed by atoms with Crippen LogP contribution in [-0.4, -0.2) is 67.6 Å². The summed E-state index contributed by atoms with van der Waals surface area (Å²) < 4.78 is 32.1. The molecule has 8 heteroatoms. The molecule has 1 fully saturated rings. The minimum atomic E-state index is -3.51. The van der Waals surface area contributed by atoms with Gasteiger partial charge in [0, 0.05) is 26.2 Å². The van der Waals surface area contributed by atoms with E-state index in [0.717, 1.165) is 11.1 Å². The fourth-order valence-electron chi connectivity index (χ4n) is 3.08. The summed E-state index contributed by atoms with van der Waals surface area (Å²) in [6.45, 7) is 3.91. The quantitative estimate of drug-likeness (QED) is 0.824. The molecule has 1 unspecified atom stereocenters. The average Bonchev–Trinajstić information content (AvgIpc) is 2.60. The minimum Gasteiger partial charge on any atom is -0.384 e. The number of amides is 1. The highest BCUT2D eigenvalue weighted by Gasteiger charge is 2.29. The van der Waals surface area contributed by atoms with Crippen LogP contribution in [0.5, 0.6) is 0 Å². The predicted molar refractivity (Wildman–Crippen MR) is 86.8 cm³/mol. The molecular weight excluding hydrogens is 332 g/mol. The van der Waals surface area contributed by atoms with Crippen molar-refractivity contribution in [1.29, 1.82) is 0 Å². The van der Waals surface area contributed by atoms with Gasteiger partial charge in [0.25, 0.3) is 5.91 Å². The van der Waals surface area contributed by atoms with Crippen molar-refractivity contribution in [3.63, 3.8) is 0 Å². The number of ether oxygens (including phenoxy) is 1. The van der Waals surface area contributed by atoms with Crippen LogP contribution >= 0.6 is 0 Å². The van der Waals surface area contributed by atoms with Crippen LogP contribution in [0.4, 0.5) is 0 Å². The summed E-state index contributed by atoms with van der Waals surface area (Å²) in [4.78, 5) is 13.8. The standard InChI is InChI=1S/C16H22N2O5S/c1-12(19)16(20)17-5-4-13-10-15(3-2-14(13)11-17)24(21,22)18-6-8-23-9-7-18/h2-3,10,12,19H,4-9,11H2,1H3. The Morgan fingerprint density at radius 2 is 1.92 bits per heavy atom. The number of sulfonamides is 1. The number of carbonyl (C=O) groups excluding carboxylic acids is 1. The molecule has 3 rings (SSSR count). The number of rotatable bonds is 3. The van der Waals surface area contributed by atoms with Crippen LogP contribution in [0.15, 0.2) is 23.1 Å². The van der Waals surface area contributed by atoms with Gasteiger partial charge in [0.15, 0.2) is 0 Å². The van der Waals surface area contributed by atoms with Crippen molar-refractivity contribution in [3.05, 3.63) is 29.3 Å². The van der Waals surface area contributed by atoms with E-state index in [2.05, 4.69) is 0 Å². The molecule has 1 saturated heterocycles. The normalized spacial score (nSPS) is 20.5. The molecule has 0 spiro atoms. The number of hydrogen-bond acceptors (Lipinski definition) is 5. The lowest BCUT2D eigenvalue weighted by molar-refractivity contribution is -0.140. The van der Waals surface area contributed by atoms with Crippen molar-refractivity contribution >= 4 is 15.9 Å². The van der Waals surface area contributed by atoms with Crippen molar-refractivity contribution < 1.29 is 23.1 Å². The molecule has 24 heavy (non-hydrogen) atoms. The number of carbonyl (C=O) groups is 1. The molecule has 0 radical (unpaired) electrons. The zero-order valence-corrected chi connectivity index (χ0v) is 14.5. The van der Waals surface area contributed by atoms with Gasteiger partial charge in [0.2, 0.25) is 10.0 Å². The van der Waals surface area contributed by atoms with Crippen molar-refractivity contribution in [2.24, 2.45) is 0 Å². The van der Waals surface area contributed by atoms with Crippen LogP contribution in [0, 0.1) is 0 Å². The molecule has 2 aliphatic heterocycles. The first-order valence-electron chi connectivity index (χ1n) is 8.06. The minimum absolute atomic E-state index is 0.290. The zero-order chi connectivity index (χ0) is 17.3. The highest BCUT2D eigenvalue weighted by Crippen LogP contribution is 2.25. The number of aliphatic hydroxyl groups is 1. The highest BCUT2D eigenvalue weighted by atomic mass is 32.2. The Balaban J connectivity index is 1.82. The van der Waals surface area contributed by atoms with Gasteiger partial charge in [0.1, 0.15) is 6.10 Å². The second kappa shape index (κ2) is 6.79. The number of hydrogen-bond donors (Lipinski definition) is 1. The molecular formula is C16H22N2O5S. The van der Waals surface area contributed by atoms with Gasteiger partial charge in [-0.25, -0.2) is 8.42 Å². The van der Waals surface area contributed by atoms with Crippen LogP contribution in [0.2, 0.25) is 0 Å². The molecule has 1 N–H and O–H groups in total. The van der Waals surface area contributed by atoms with E-state index < -0.39 is 16.1 Å². The van der Waals surface area contributed by atoms with Crippen LogP contribution in [0.25, 0.3) is 0 Å². The lowest BCUT2D eigenvalue weighted by Gasteiger charge is -2.31. The predicted octanol–water partition coefficient (Wildman–Crippen LogP) is -0.0270. The van der Waals surface area contributed by atoms with E-state index in [1.54, 1.807) is 23.1 Å². The Hall–Kier alpha value is -1.48. The third kappa shape index (κ3) is 3.32. The van der Waals surface area contributed by atoms with Crippen molar-refractivity contribution in [3.8, 4) is 0 Å². The second-order valence-corrected chi connectivity index (χ2v) is 8.07. The average molecular weight is 354 g/mol. The number of fused-ring (bicyclic) bond motifs is 1. The first kappa shape index (κ1) is 17.3. The molecule has 2 aliphatic rings. The maximum absolute atomic E-state index is 12.7. The van der Waals surface area contributed by atoms with Crippen molar-refractivity contribution in [1.82, 2.24) is 9.21 Å². The Bertz CT molecular complexity index is 726. The van der Waals surface area contributed by atoms with E-state index >= 15 is 0 Å². The summed E-state index contributed by atoms with van der Waals surface area (Å²) in [5, 5.41) is 9.43. The van der Waals surface area contributed by atoms with Gasteiger partial charge in [-0.05, 0) is 36.6 Å². The maximum Gasteiger partial charge on any atom is 0.251 e. The van der Waals surface area contributed by atoms with E-state index in [4.69, 9.17) is 4.74 Å². The number of morpholine rings is 1. The Morgan fingerprint density at radius 3 is 2.58 bits per heavy atom. The molecule has 7 nitrogen and oxygen atoms in total. The van der Waals surface area contributed by atoms with Crippen LogP contribution in [0.3, 0.4) is 0 Å². The van der Waals surface area contributed by atoms with Crippen LogP contribution < -0.4 is 0 Å². The summed E-state index contributed by atoms with van der Waals surface area (Å²) in [6.07, 6.45) is -0.437. The van der Waals surface area contributed by atoms with Gasteiger partial charge >= 0.3 is 0 Å². The molecule has 0 aromatic heterocycles. The van der Waals surface area contributed by atoms with Gasteiger partial charge in [-0.2, -0.15) is 4.31 Å². The third-order valence-electron chi connectivity index (χ3n) is 4.47. The molecule has 1 amide bonds. The van der Waals surface area contributed by atoms with E-state index in [-0.39, 0.29) is 5.91 Å². The summed E-state index contributed by atoms with van der Waals surface area (Å²) in [6, 6.07) is 5.08. The van der Waals surface area contributed by atoms with E-state index in [1.165, 1.54) is 11.2 Å². The SMILES string of the molecule is CC(O)C(=O)N1CCc2cc(S(=O)(=O)N3CCOCC3)ccc2C1. The molecule has 2 heterocycles. The molecule has 1 aromatic rings. The Labute approximate surface area is 141 Å². The number of nitrogens with zero attached hydrogens (tertiary/aromatic N) is 2. The summed E-state index contributed by atoms with van der Waals surface area (Å²) in [5.74, 6) is -0.300. The molecule has 132 valence electrons. The molecule has 0 aliphatic carbocycles. The first-order valence-corrected chi connectivity index (χ1v) is 9.50. The fraction of sp³-hybridized carbons (Fsp3) is 0.562. The summed E-state index contributed by atoms with van der Waals surface area (Å²) in [5.41, 5.74) is 1.87. The van der Waals surface area contributed by atoms with Gasteiger partial charge < -0.3 is 14.7 Å². The zero-order valence-electron chi connectivity index (χ0n) is 13.6. The van der Waals surface area contributed by atoms with E-state index in [1.807, 2.05) is 0 Å². The summed E-state index contributed by atoms with van der Waals surface area (Å²) >= 11 is 0. The largest absolute Gasteiger partial charge is 0.384 e. The lowest BCUT2D eigenvalue weighted by atomic mass is 9.99. The van der Waals surface area contributed by atoms with Crippen LogP contribution in [0.1, 0.15) is 18.1 Å². The number of aliphatic hydroxyl groups excluding tert-OH is 1. The van der Waals surface area contributed by atoms with Crippen molar-refractivity contribution in [2.45, 2.75) is 30.9 Å². The maximum atomic E-state index is 12.7. The van der Waals surface area contributed by atoms with E-state index in [9.17, 15) is 18.3 Å². The first-order chi connectivity index (χ1) is 11.4. The fourth-order valence-corrected chi connectivity index (χ4v) is 4.54. The van der Waals surface area contributed by atoms with Gasteiger partial charge in [-0.15, -0.1) is 0 Å². The highest BCUT2D eigenvalue weighted by molar-refractivity contribution is 7.89. The van der Waals surface area contributed by atoms with Gasteiger partial charge in [0.05, 0.1) is 18.1 Å². The Kier molecular flexibility index (Phi) is 4.91. The van der Waals surface area contributed by atoms with Crippen molar-refractivity contribution in [2.75, 3.05) is 32.8 Å². The van der Waals surface area contributed by atoms with Crippen LogP contribution in [-0.2, 0) is 32.5 Å². The van der Waals surface area contributed by atoms with E-state index in [0.29, 0.717) is 50.7 Å². The second-order valence-electron chi connectivity index (χ2n) is 6.13. The lowest BCUT2D eigenvalue weighted by Crippen LogP contribution is -2.41. The third-order valence-corrected chi connectivity index (χ3v) is 6.36. The molecule has 1 aromatic carbocycles. The monoisotopic (exact) mass is 354 g/mol.